The van der Waals surface area contributed by atoms with E-state index in [1.54, 1.807) is 14.0 Å². The van der Waals surface area contributed by atoms with Crippen molar-refractivity contribution >= 4 is 0 Å². The lowest BCUT2D eigenvalue weighted by molar-refractivity contribution is -0.182. The number of methoxy groups -OCH3 is 1. The lowest BCUT2D eigenvalue weighted by Gasteiger charge is -2.51. The van der Waals surface area contributed by atoms with E-state index in [-0.39, 0.29) is 5.60 Å². The van der Waals surface area contributed by atoms with Crippen molar-refractivity contribution in [2.24, 2.45) is 5.41 Å². The highest BCUT2D eigenvalue weighted by Crippen LogP contribution is 2.53. The third kappa shape index (κ3) is 1.39. The fourth-order valence-electron chi connectivity index (χ4n) is 1.96. The average Bonchev–Trinajstić information content (AvgIpc) is 1.84. The second-order valence-electron chi connectivity index (χ2n) is 3.96. The summed E-state index contributed by atoms with van der Waals surface area (Å²) >= 11 is 0. The summed E-state index contributed by atoms with van der Waals surface area (Å²) in [4.78, 5) is 0. The number of hydrogen-bond acceptors (Lipinski definition) is 1. The van der Waals surface area contributed by atoms with Crippen molar-refractivity contribution in [3.8, 4) is 0 Å². The highest BCUT2D eigenvalue weighted by atomic mass is 19.3. The first kappa shape index (κ1) is 8.91. The SMILES string of the molecule is COC1(C)CC(C)(C(F)F)C1. The smallest absolute Gasteiger partial charge is 0.244 e. The molecule has 0 unspecified atom stereocenters. The molecule has 0 heterocycles. The molecule has 0 radical (unpaired) electrons. The number of rotatable bonds is 2. The molecule has 1 aliphatic carbocycles. The normalized spacial score (nSPS) is 44.2. The summed E-state index contributed by atoms with van der Waals surface area (Å²) in [5.74, 6) is 0. The molecule has 1 rings (SSSR count). The summed E-state index contributed by atoms with van der Waals surface area (Å²) in [6, 6.07) is 0. The largest absolute Gasteiger partial charge is 0.378 e. The first-order chi connectivity index (χ1) is 4.92. The molecule has 1 fully saturated rings. The molecule has 0 aromatic heterocycles. The van der Waals surface area contributed by atoms with E-state index in [2.05, 4.69) is 0 Å². The van der Waals surface area contributed by atoms with Gasteiger partial charge in [0.2, 0.25) is 6.43 Å². The van der Waals surface area contributed by atoms with E-state index >= 15 is 0 Å². The molecule has 0 atom stereocenters. The van der Waals surface area contributed by atoms with Crippen molar-refractivity contribution in [3.05, 3.63) is 0 Å². The van der Waals surface area contributed by atoms with Crippen LogP contribution in [0.4, 0.5) is 8.78 Å². The fourth-order valence-corrected chi connectivity index (χ4v) is 1.96. The second-order valence-corrected chi connectivity index (χ2v) is 3.96. The Hall–Kier alpha value is -0.180. The zero-order chi connectivity index (χ0) is 8.70. The van der Waals surface area contributed by atoms with E-state index in [4.69, 9.17) is 4.74 Å². The first-order valence-electron chi connectivity index (χ1n) is 3.75. The van der Waals surface area contributed by atoms with Crippen molar-refractivity contribution in [2.45, 2.75) is 38.7 Å². The van der Waals surface area contributed by atoms with E-state index < -0.39 is 11.8 Å². The molecule has 0 aromatic carbocycles. The van der Waals surface area contributed by atoms with Crippen LogP contribution < -0.4 is 0 Å². The topological polar surface area (TPSA) is 9.23 Å². The summed E-state index contributed by atoms with van der Waals surface area (Å²) in [7, 11) is 1.57. The highest BCUT2D eigenvalue weighted by Gasteiger charge is 2.54. The van der Waals surface area contributed by atoms with Gasteiger partial charge in [0, 0.05) is 12.5 Å². The zero-order valence-electron chi connectivity index (χ0n) is 7.16. The minimum absolute atomic E-state index is 0.300. The van der Waals surface area contributed by atoms with Crippen molar-refractivity contribution < 1.29 is 13.5 Å². The molecule has 1 nitrogen and oxygen atoms in total. The van der Waals surface area contributed by atoms with E-state index in [0.717, 1.165) is 0 Å². The van der Waals surface area contributed by atoms with Gasteiger partial charge in [0.1, 0.15) is 0 Å². The highest BCUT2D eigenvalue weighted by molar-refractivity contribution is 5.01. The third-order valence-corrected chi connectivity index (χ3v) is 2.58. The molecule has 0 saturated heterocycles. The summed E-state index contributed by atoms with van der Waals surface area (Å²) in [5, 5.41) is 0. The minimum Gasteiger partial charge on any atom is -0.378 e. The van der Waals surface area contributed by atoms with Crippen LogP contribution in [0, 0.1) is 5.41 Å². The lowest BCUT2D eigenvalue weighted by atomic mass is 9.61. The van der Waals surface area contributed by atoms with Gasteiger partial charge >= 0.3 is 0 Å². The standard InChI is InChI=1S/C8H14F2O/c1-7(6(9)10)4-8(2,5-7)11-3/h6H,4-5H2,1-3H3. The van der Waals surface area contributed by atoms with E-state index in [1.807, 2.05) is 6.92 Å². The number of hydrogen-bond donors (Lipinski definition) is 0. The van der Waals surface area contributed by atoms with Crippen LogP contribution in [-0.2, 0) is 4.74 Å². The molecule has 0 spiro atoms. The van der Waals surface area contributed by atoms with E-state index in [1.165, 1.54) is 0 Å². The maximum atomic E-state index is 12.3. The Labute approximate surface area is 65.7 Å². The molecule has 0 amide bonds. The van der Waals surface area contributed by atoms with Crippen molar-refractivity contribution in [1.29, 1.82) is 0 Å². The Bertz CT molecular complexity index is 150. The van der Waals surface area contributed by atoms with Crippen molar-refractivity contribution in [2.75, 3.05) is 7.11 Å². The van der Waals surface area contributed by atoms with E-state index in [0.29, 0.717) is 12.8 Å². The molecular weight excluding hydrogens is 150 g/mol. The molecule has 0 aromatic rings. The van der Waals surface area contributed by atoms with Crippen LogP contribution in [-0.4, -0.2) is 19.1 Å². The quantitative estimate of drug-likeness (QED) is 0.609. The van der Waals surface area contributed by atoms with Gasteiger partial charge in [-0.3, -0.25) is 0 Å². The van der Waals surface area contributed by atoms with Crippen LogP contribution in [0.25, 0.3) is 0 Å². The maximum Gasteiger partial charge on any atom is 0.244 e. The maximum absolute atomic E-state index is 12.3. The molecule has 66 valence electrons. The van der Waals surface area contributed by atoms with Gasteiger partial charge in [0.15, 0.2) is 0 Å². The molecule has 0 bridgehead atoms. The predicted molar refractivity (Wildman–Crippen MR) is 38.8 cm³/mol. The zero-order valence-corrected chi connectivity index (χ0v) is 7.16. The van der Waals surface area contributed by atoms with Crippen LogP contribution in [0.1, 0.15) is 26.7 Å². The predicted octanol–water partition coefficient (Wildman–Crippen LogP) is 2.46. The Morgan fingerprint density at radius 1 is 1.27 bits per heavy atom. The molecule has 1 aliphatic rings. The number of ether oxygens (including phenoxy) is 1. The van der Waals surface area contributed by atoms with E-state index in [9.17, 15) is 8.78 Å². The van der Waals surface area contributed by atoms with Crippen LogP contribution in [0.15, 0.2) is 0 Å². The molecule has 11 heavy (non-hydrogen) atoms. The minimum atomic E-state index is -2.22. The Morgan fingerprint density at radius 2 is 1.73 bits per heavy atom. The first-order valence-corrected chi connectivity index (χ1v) is 3.75. The van der Waals surface area contributed by atoms with Gasteiger partial charge in [-0.15, -0.1) is 0 Å². The number of halogens is 2. The van der Waals surface area contributed by atoms with Crippen molar-refractivity contribution in [3.63, 3.8) is 0 Å². The van der Waals surface area contributed by atoms with Crippen molar-refractivity contribution in [1.82, 2.24) is 0 Å². The monoisotopic (exact) mass is 164 g/mol. The van der Waals surface area contributed by atoms with Gasteiger partial charge in [-0.25, -0.2) is 8.78 Å². The third-order valence-electron chi connectivity index (χ3n) is 2.58. The van der Waals surface area contributed by atoms with Gasteiger partial charge in [-0.05, 0) is 19.8 Å². The van der Waals surface area contributed by atoms with Gasteiger partial charge < -0.3 is 4.74 Å². The molecule has 3 heteroatoms. The molecule has 0 N–H and O–H groups in total. The summed E-state index contributed by atoms with van der Waals surface area (Å²) in [5.41, 5.74) is -1.10. The second kappa shape index (κ2) is 2.41. The summed E-state index contributed by atoms with van der Waals surface area (Å²) < 4.78 is 29.7. The van der Waals surface area contributed by atoms with Crippen LogP contribution in [0.2, 0.25) is 0 Å². The summed E-state index contributed by atoms with van der Waals surface area (Å²) in [6.07, 6.45) is -1.28. The van der Waals surface area contributed by atoms with Crippen LogP contribution in [0.5, 0.6) is 0 Å². The lowest BCUT2D eigenvalue weighted by Crippen LogP contribution is -2.53. The summed E-state index contributed by atoms with van der Waals surface area (Å²) in [6.45, 7) is 3.48. The van der Waals surface area contributed by atoms with Gasteiger partial charge in [0.05, 0.1) is 5.60 Å². The van der Waals surface area contributed by atoms with Gasteiger partial charge in [-0.2, -0.15) is 0 Å². The van der Waals surface area contributed by atoms with Gasteiger partial charge in [-0.1, -0.05) is 6.92 Å². The molecule has 1 saturated carbocycles. The number of alkyl halides is 2. The Morgan fingerprint density at radius 3 is 2.00 bits per heavy atom. The Balaban J connectivity index is 2.49. The molecule has 0 aliphatic heterocycles. The average molecular weight is 164 g/mol. The molecular formula is C8H14F2O. The van der Waals surface area contributed by atoms with Crippen LogP contribution in [0.3, 0.4) is 0 Å². The fraction of sp³-hybridized carbons (Fsp3) is 1.00. The van der Waals surface area contributed by atoms with Gasteiger partial charge in [0.25, 0.3) is 0 Å². The van der Waals surface area contributed by atoms with Crippen LogP contribution >= 0.6 is 0 Å². The Kier molecular flexibility index (Phi) is 1.95.